The van der Waals surface area contributed by atoms with Crippen molar-refractivity contribution >= 4 is 17.8 Å². The third-order valence-corrected chi connectivity index (χ3v) is 3.36. The number of carbonyl (C=O) groups excluding carboxylic acids is 1. The van der Waals surface area contributed by atoms with Crippen molar-refractivity contribution in [1.29, 1.82) is 0 Å². The van der Waals surface area contributed by atoms with E-state index < -0.39 is 43.5 Å². The molecule has 0 aliphatic carbocycles. The first-order valence-corrected chi connectivity index (χ1v) is 6.62. The SMILES string of the molecule is Cc1cc(NC(=O)[C@@H]2C[C@@H](F)CN2C(=O)O)nn1CC(F)(F)F. The molecule has 2 amide bonds. The lowest BCUT2D eigenvalue weighted by atomic mass is 10.2. The summed E-state index contributed by atoms with van der Waals surface area (Å²) in [7, 11) is 0. The summed E-state index contributed by atoms with van der Waals surface area (Å²) in [6, 6.07) is -0.0213. The van der Waals surface area contributed by atoms with E-state index in [4.69, 9.17) is 5.11 Å². The first-order chi connectivity index (χ1) is 10.6. The Kier molecular flexibility index (Phi) is 4.48. The molecule has 128 valence electrons. The second kappa shape index (κ2) is 6.05. The molecule has 0 bridgehead atoms. The van der Waals surface area contributed by atoms with Gasteiger partial charge in [0.15, 0.2) is 5.82 Å². The average Bonchev–Trinajstić information content (AvgIpc) is 2.92. The van der Waals surface area contributed by atoms with Crippen molar-refractivity contribution in [3.8, 4) is 0 Å². The van der Waals surface area contributed by atoms with Crippen molar-refractivity contribution in [2.24, 2.45) is 0 Å². The van der Waals surface area contributed by atoms with Gasteiger partial charge in [-0.25, -0.2) is 9.18 Å². The molecule has 1 aromatic rings. The minimum Gasteiger partial charge on any atom is -0.465 e. The molecule has 1 saturated heterocycles. The van der Waals surface area contributed by atoms with Gasteiger partial charge in [0, 0.05) is 18.2 Å². The molecule has 11 heteroatoms. The number of halogens is 4. The van der Waals surface area contributed by atoms with Crippen LogP contribution in [0.2, 0.25) is 0 Å². The zero-order chi connectivity index (χ0) is 17.4. The van der Waals surface area contributed by atoms with Crippen LogP contribution in [0.25, 0.3) is 0 Å². The van der Waals surface area contributed by atoms with E-state index in [9.17, 15) is 27.2 Å². The third kappa shape index (κ3) is 4.11. The summed E-state index contributed by atoms with van der Waals surface area (Å²) in [6.07, 6.45) is -7.68. The van der Waals surface area contributed by atoms with Crippen molar-refractivity contribution in [3.05, 3.63) is 11.8 Å². The maximum atomic E-state index is 13.3. The van der Waals surface area contributed by atoms with E-state index in [1.807, 2.05) is 0 Å². The Morgan fingerprint density at radius 1 is 1.48 bits per heavy atom. The monoisotopic (exact) mass is 338 g/mol. The van der Waals surface area contributed by atoms with Crippen LogP contribution in [0.4, 0.5) is 28.2 Å². The molecule has 0 spiro atoms. The Morgan fingerprint density at radius 2 is 2.13 bits per heavy atom. The number of aryl methyl sites for hydroxylation is 1. The summed E-state index contributed by atoms with van der Waals surface area (Å²) >= 11 is 0. The molecule has 2 N–H and O–H groups in total. The first kappa shape index (κ1) is 17.0. The van der Waals surface area contributed by atoms with Crippen LogP contribution in [0.5, 0.6) is 0 Å². The lowest BCUT2D eigenvalue weighted by Crippen LogP contribution is -2.42. The molecule has 1 fully saturated rings. The number of hydrogen-bond acceptors (Lipinski definition) is 3. The Hall–Kier alpha value is -2.33. The predicted octanol–water partition coefficient (Wildman–Crippen LogP) is 1.78. The number of carbonyl (C=O) groups is 2. The van der Waals surface area contributed by atoms with E-state index in [0.29, 0.717) is 9.58 Å². The van der Waals surface area contributed by atoms with Gasteiger partial charge in [0.25, 0.3) is 0 Å². The van der Waals surface area contributed by atoms with Gasteiger partial charge in [-0.3, -0.25) is 14.4 Å². The zero-order valence-electron chi connectivity index (χ0n) is 12.0. The number of likely N-dealkylation sites (tertiary alicyclic amines) is 1. The average molecular weight is 338 g/mol. The molecular formula is C12H14F4N4O3. The van der Waals surface area contributed by atoms with Gasteiger partial charge < -0.3 is 10.4 Å². The van der Waals surface area contributed by atoms with E-state index in [1.165, 1.54) is 13.0 Å². The first-order valence-electron chi connectivity index (χ1n) is 6.62. The van der Waals surface area contributed by atoms with Gasteiger partial charge >= 0.3 is 12.3 Å². The Bertz CT molecular complexity index is 616. The van der Waals surface area contributed by atoms with Crippen molar-refractivity contribution in [2.45, 2.75) is 38.3 Å². The second-order valence-corrected chi connectivity index (χ2v) is 5.22. The lowest BCUT2D eigenvalue weighted by molar-refractivity contribution is -0.142. The topological polar surface area (TPSA) is 87.5 Å². The summed E-state index contributed by atoms with van der Waals surface area (Å²) < 4.78 is 51.1. The van der Waals surface area contributed by atoms with Gasteiger partial charge in [0.2, 0.25) is 5.91 Å². The number of alkyl halides is 4. The molecular weight excluding hydrogens is 324 g/mol. The maximum absolute atomic E-state index is 13.3. The minimum atomic E-state index is -4.47. The fraction of sp³-hybridized carbons (Fsp3) is 0.583. The molecule has 7 nitrogen and oxygen atoms in total. The van der Waals surface area contributed by atoms with Gasteiger partial charge in [-0.15, -0.1) is 0 Å². The zero-order valence-corrected chi connectivity index (χ0v) is 12.0. The second-order valence-electron chi connectivity index (χ2n) is 5.22. The highest BCUT2D eigenvalue weighted by Gasteiger charge is 2.40. The van der Waals surface area contributed by atoms with Gasteiger partial charge in [0.05, 0.1) is 6.54 Å². The van der Waals surface area contributed by atoms with E-state index in [-0.39, 0.29) is 17.9 Å². The molecule has 23 heavy (non-hydrogen) atoms. The van der Waals surface area contributed by atoms with Crippen LogP contribution in [-0.4, -0.2) is 56.7 Å². The molecule has 0 unspecified atom stereocenters. The quantitative estimate of drug-likeness (QED) is 0.823. The van der Waals surface area contributed by atoms with Gasteiger partial charge in [0.1, 0.15) is 18.8 Å². The molecule has 0 radical (unpaired) electrons. The standard InChI is InChI=1S/C12H14F4N4O3/c1-6-2-9(18-20(6)5-12(14,15)16)17-10(21)8-3-7(13)4-19(8)11(22)23/h2,7-8H,3-5H2,1H3,(H,22,23)(H,17,18,21)/t7-,8+/m1/s1. The minimum absolute atomic E-state index is 0.149. The Balaban J connectivity index is 2.08. The van der Waals surface area contributed by atoms with Crippen LogP contribution >= 0.6 is 0 Å². The lowest BCUT2D eigenvalue weighted by Gasteiger charge is -2.19. The van der Waals surface area contributed by atoms with E-state index >= 15 is 0 Å². The van der Waals surface area contributed by atoms with Crippen LogP contribution in [0.15, 0.2) is 6.07 Å². The van der Waals surface area contributed by atoms with Gasteiger partial charge in [-0.1, -0.05) is 0 Å². The molecule has 0 aromatic carbocycles. The smallest absolute Gasteiger partial charge is 0.408 e. The van der Waals surface area contributed by atoms with Gasteiger partial charge in [-0.05, 0) is 6.92 Å². The highest BCUT2D eigenvalue weighted by molar-refractivity contribution is 5.96. The number of carboxylic acid groups (broad SMARTS) is 1. The number of amides is 2. The number of hydrogen-bond donors (Lipinski definition) is 2. The number of rotatable bonds is 3. The third-order valence-electron chi connectivity index (χ3n) is 3.36. The van der Waals surface area contributed by atoms with Crippen molar-refractivity contribution in [2.75, 3.05) is 11.9 Å². The largest absolute Gasteiger partial charge is 0.465 e. The predicted molar refractivity (Wildman–Crippen MR) is 69.7 cm³/mol. The molecule has 1 aromatic heterocycles. The van der Waals surface area contributed by atoms with Crippen LogP contribution in [-0.2, 0) is 11.3 Å². The Morgan fingerprint density at radius 3 is 2.70 bits per heavy atom. The van der Waals surface area contributed by atoms with Crippen molar-refractivity contribution < 1.29 is 32.3 Å². The van der Waals surface area contributed by atoms with E-state index in [0.717, 1.165) is 0 Å². The number of nitrogens with one attached hydrogen (secondary N) is 1. The number of anilines is 1. The molecule has 0 saturated carbocycles. The molecule has 1 aliphatic heterocycles. The van der Waals surface area contributed by atoms with E-state index in [1.54, 1.807) is 0 Å². The van der Waals surface area contributed by atoms with Gasteiger partial charge in [-0.2, -0.15) is 18.3 Å². The fourth-order valence-corrected chi connectivity index (χ4v) is 2.36. The van der Waals surface area contributed by atoms with E-state index in [2.05, 4.69) is 10.4 Å². The van der Waals surface area contributed by atoms with Crippen LogP contribution in [0.3, 0.4) is 0 Å². The fourth-order valence-electron chi connectivity index (χ4n) is 2.36. The van der Waals surface area contributed by atoms with Crippen molar-refractivity contribution in [3.63, 3.8) is 0 Å². The maximum Gasteiger partial charge on any atom is 0.408 e. The summed E-state index contributed by atoms with van der Waals surface area (Å²) in [4.78, 5) is 23.6. The van der Waals surface area contributed by atoms with Crippen molar-refractivity contribution in [1.82, 2.24) is 14.7 Å². The molecule has 2 heterocycles. The highest BCUT2D eigenvalue weighted by Crippen LogP contribution is 2.23. The van der Waals surface area contributed by atoms with Crippen LogP contribution < -0.4 is 5.32 Å². The Labute approximate surface area is 127 Å². The number of aromatic nitrogens is 2. The number of nitrogens with zero attached hydrogens (tertiary/aromatic N) is 3. The normalized spacial score (nSPS) is 21.5. The molecule has 2 atom stereocenters. The molecule has 2 rings (SSSR count). The summed E-state index contributed by atoms with van der Waals surface area (Å²) in [5.74, 6) is -0.978. The van der Waals surface area contributed by atoms with Crippen LogP contribution in [0, 0.1) is 6.92 Å². The van der Waals surface area contributed by atoms with Crippen LogP contribution in [0.1, 0.15) is 12.1 Å². The summed E-state index contributed by atoms with van der Waals surface area (Å²) in [5.41, 5.74) is 0.169. The highest BCUT2D eigenvalue weighted by atomic mass is 19.4. The molecule has 1 aliphatic rings. The summed E-state index contributed by atoms with van der Waals surface area (Å²) in [6.45, 7) is -0.355. The summed E-state index contributed by atoms with van der Waals surface area (Å²) in [5, 5.41) is 14.8.